The van der Waals surface area contributed by atoms with E-state index in [1.54, 1.807) is 0 Å². The average Bonchev–Trinajstić information content (AvgIpc) is 3.08. The Morgan fingerprint density at radius 2 is 0.966 bits per heavy atom. The molecule has 2 aliphatic carbocycles. The molecule has 152 valence electrons. The number of halogens is 6. The highest BCUT2D eigenvalue weighted by Crippen LogP contribution is 2.75. The van der Waals surface area contributed by atoms with Crippen LogP contribution >= 0.6 is 23.5 Å². The Hall–Kier alpha value is -1.78. The summed E-state index contributed by atoms with van der Waals surface area (Å²) in [5.41, 5.74) is -3.55. The number of fused-ring (bicyclic) bond motifs is 4. The molecule has 0 amide bonds. The van der Waals surface area contributed by atoms with E-state index in [9.17, 15) is 36.9 Å². The summed E-state index contributed by atoms with van der Waals surface area (Å²) >= 11 is 1.78. The first-order valence-corrected chi connectivity index (χ1v) is 10.0. The highest BCUT2D eigenvalue weighted by atomic mass is 32.2. The molecule has 0 N–H and O–H groups in total. The molecule has 4 aliphatic rings. The Morgan fingerprint density at radius 3 is 1.24 bits per heavy atom. The van der Waals surface area contributed by atoms with Gasteiger partial charge in [0, 0.05) is 11.1 Å². The molecule has 0 aromatic heterocycles. The number of rotatable bonds is 0. The number of nitriles is 2. The van der Waals surface area contributed by atoms with E-state index in [2.05, 4.69) is 0 Å². The topological polar surface area (TPSA) is 47.6 Å². The summed E-state index contributed by atoms with van der Waals surface area (Å²) in [6.07, 6.45) is 0. The summed E-state index contributed by atoms with van der Waals surface area (Å²) in [5, 5.41) is 18.9. The molecule has 0 aromatic carbocycles. The number of thioether (sulfide) groups is 2. The third kappa shape index (κ3) is 1.85. The van der Waals surface area contributed by atoms with Crippen LogP contribution in [-0.2, 0) is 0 Å². The van der Waals surface area contributed by atoms with Gasteiger partial charge >= 0.3 is 17.8 Å². The molecule has 1 saturated carbocycles. The molecule has 2 heterocycles. The van der Waals surface area contributed by atoms with Crippen molar-refractivity contribution >= 4 is 23.5 Å². The number of alkyl halides is 6. The third-order valence-corrected chi connectivity index (χ3v) is 9.65. The van der Waals surface area contributed by atoms with Gasteiger partial charge in [-0.25, -0.2) is 0 Å². The Bertz CT molecular complexity index is 1030. The predicted molar refractivity (Wildman–Crippen MR) is 97.5 cm³/mol. The average molecular weight is 446 g/mol. The van der Waals surface area contributed by atoms with E-state index < -0.39 is 38.4 Å². The first-order valence-electron chi connectivity index (χ1n) is 8.40. The van der Waals surface area contributed by atoms with Crippen LogP contribution in [0.4, 0.5) is 26.3 Å². The van der Waals surface area contributed by atoms with E-state index in [4.69, 9.17) is 0 Å². The van der Waals surface area contributed by atoms with E-state index in [0.29, 0.717) is 0 Å². The lowest BCUT2D eigenvalue weighted by atomic mass is 9.68. The molecule has 1 fully saturated rings. The maximum atomic E-state index is 14.9. The van der Waals surface area contributed by atoms with Crippen LogP contribution in [0.2, 0.25) is 0 Å². The third-order valence-electron chi connectivity index (χ3n) is 6.28. The Balaban J connectivity index is 2.28. The van der Waals surface area contributed by atoms with Crippen molar-refractivity contribution in [3.63, 3.8) is 0 Å². The number of hydrogen-bond donors (Lipinski definition) is 0. The first kappa shape index (κ1) is 20.5. The number of nitrogens with zero attached hydrogens (tertiary/aromatic N) is 2. The Labute approximate surface area is 171 Å². The van der Waals surface area contributed by atoms with E-state index in [0.717, 1.165) is 23.5 Å². The van der Waals surface area contributed by atoms with Gasteiger partial charge in [-0.05, 0) is 50.0 Å². The molecule has 2 unspecified atom stereocenters. The van der Waals surface area contributed by atoms with Crippen LogP contribution in [0, 0.1) is 22.7 Å². The quantitative estimate of drug-likeness (QED) is 0.421. The van der Waals surface area contributed by atoms with Crippen molar-refractivity contribution in [3.05, 3.63) is 43.2 Å². The van der Waals surface area contributed by atoms with Crippen LogP contribution in [-0.4, -0.2) is 27.3 Å². The lowest BCUT2D eigenvalue weighted by molar-refractivity contribution is -0.258. The maximum absolute atomic E-state index is 14.9. The fourth-order valence-corrected chi connectivity index (χ4v) is 7.71. The zero-order valence-electron chi connectivity index (χ0n) is 15.5. The molecular weight excluding hydrogens is 434 g/mol. The second-order valence-electron chi connectivity index (χ2n) is 7.63. The van der Waals surface area contributed by atoms with Crippen molar-refractivity contribution in [2.75, 3.05) is 0 Å². The van der Waals surface area contributed by atoms with Crippen molar-refractivity contribution in [3.8, 4) is 12.1 Å². The molecule has 2 aliphatic heterocycles. The number of allylic oxidation sites excluding steroid dienone is 6. The molecule has 10 heteroatoms. The molecule has 4 rings (SSSR count). The molecule has 2 nitrogen and oxygen atoms in total. The molecule has 0 spiro atoms. The van der Waals surface area contributed by atoms with Crippen molar-refractivity contribution in [2.24, 2.45) is 0 Å². The van der Waals surface area contributed by atoms with E-state index in [-0.39, 0.29) is 32.1 Å². The molecule has 0 saturated heterocycles. The van der Waals surface area contributed by atoms with Crippen LogP contribution in [0.5, 0.6) is 0 Å². The second-order valence-corrected chi connectivity index (χ2v) is 10.5. The van der Waals surface area contributed by atoms with Crippen molar-refractivity contribution in [2.45, 2.75) is 55.0 Å². The van der Waals surface area contributed by atoms with Crippen LogP contribution in [0.1, 0.15) is 27.7 Å². The summed E-state index contributed by atoms with van der Waals surface area (Å²) in [6, 6.07) is 3.72. The van der Waals surface area contributed by atoms with Gasteiger partial charge in [-0.1, -0.05) is 0 Å². The fourth-order valence-electron chi connectivity index (χ4n) is 4.73. The number of hydrogen-bond acceptors (Lipinski definition) is 4. The van der Waals surface area contributed by atoms with Crippen molar-refractivity contribution in [1.29, 1.82) is 10.5 Å². The van der Waals surface area contributed by atoms with Gasteiger partial charge in [-0.2, -0.15) is 36.9 Å². The zero-order valence-corrected chi connectivity index (χ0v) is 17.1. The minimum atomic E-state index is -5.64. The highest BCUT2D eigenvalue weighted by molar-refractivity contribution is 8.09. The summed E-state index contributed by atoms with van der Waals surface area (Å²) in [7, 11) is 0. The molecule has 0 bridgehead atoms. The van der Waals surface area contributed by atoms with E-state index >= 15 is 0 Å². The monoisotopic (exact) mass is 446 g/mol. The molecule has 0 radical (unpaired) electrons. The van der Waals surface area contributed by atoms with Crippen LogP contribution < -0.4 is 0 Å². The van der Waals surface area contributed by atoms with Crippen molar-refractivity contribution in [1.82, 2.24) is 0 Å². The van der Waals surface area contributed by atoms with Gasteiger partial charge in [0.2, 0.25) is 0 Å². The van der Waals surface area contributed by atoms with Gasteiger partial charge in [0.05, 0.1) is 19.3 Å². The normalized spacial score (nSPS) is 36.1. The van der Waals surface area contributed by atoms with Gasteiger partial charge in [0.15, 0.2) is 0 Å². The minimum Gasteiger partial charge on any atom is -0.194 e. The first-order chi connectivity index (χ1) is 13.1. The fraction of sp³-hybridized carbons (Fsp3) is 0.474. The molecule has 29 heavy (non-hydrogen) atoms. The Kier molecular flexibility index (Phi) is 3.73. The second kappa shape index (κ2) is 5.28. The van der Waals surface area contributed by atoms with Crippen LogP contribution in [0.3, 0.4) is 0 Å². The SMILES string of the molecule is CC1=C(C#N)SC2(C)C1=C1C(=C3C(C)=C(C#N)SC32C)C(F)(F)C(F)(F)C1(F)F. The van der Waals surface area contributed by atoms with Gasteiger partial charge in [0.25, 0.3) is 0 Å². The smallest absolute Gasteiger partial charge is 0.194 e. The standard InChI is InChI=1S/C19H12F6N2S2/c1-7-9(5-26)28-15(3)11(7)13-14(18(22,23)19(24,25)17(13,20)21)12-8(2)10(6-27)29-16(12,15)4/h1-4H3. The largest absolute Gasteiger partial charge is 0.380 e. The summed E-state index contributed by atoms with van der Waals surface area (Å²) < 4.78 is 85.8. The zero-order chi connectivity index (χ0) is 21.9. The lowest BCUT2D eigenvalue weighted by Crippen LogP contribution is -2.49. The molecule has 0 aromatic rings. The Morgan fingerprint density at radius 1 is 0.655 bits per heavy atom. The van der Waals surface area contributed by atoms with Gasteiger partial charge in [-0.3, -0.25) is 0 Å². The van der Waals surface area contributed by atoms with E-state index in [1.807, 2.05) is 12.1 Å². The van der Waals surface area contributed by atoms with Gasteiger partial charge in [0.1, 0.15) is 12.1 Å². The summed E-state index contributed by atoms with van der Waals surface area (Å²) in [4.78, 5) is 0.0182. The molecular formula is C19H12F6N2S2. The van der Waals surface area contributed by atoms with Gasteiger partial charge in [-0.15, -0.1) is 23.5 Å². The minimum absolute atomic E-state index is 0.00909. The van der Waals surface area contributed by atoms with Crippen molar-refractivity contribution < 1.29 is 26.3 Å². The van der Waals surface area contributed by atoms with E-state index in [1.165, 1.54) is 27.7 Å². The lowest BCUT2D eigenvalue weighted by Gasteiger charge is -2.47. The summed E-state index contributed by atoms with van der Waals surface area (Å²) in [6.45, 7) is 5.58. The highest BCUT2D eigenvalue weighted by Gasteiger charge is 2.84. The predicted octanol–water partition coefficient (Wildman–Crippen LogP) is 6.12. The van der Waals surface area contributed by atoms with Crippen LogP contribution in [0.25, 0.3) is 0 Å². The van der Waals surface area contributed by atoms with Gasteiger partial charge < -0.3 is 0 Å². The molecule has 2 atom stereocenters. The maximum Gasteiger partial charge on any atom is 0.380 e. The van der Waals surface area contributed by atoms with Crippen LogP contribution in [0.15, 0.2) is 43.2 Å². The summed E-state index contributed by atoms with van der Waals surface area (Å²) in [5.74, 6) is -15.9.